The number of hydrogen-bond acceptors (Lipinski definition) is 4. The van der Waals surface area contributed by atoms with Crippen molar-refractivity contribution in [2.24, 2.45) is 0 Å². The lowest BCUT2D eigenvalue weighted by molar-refractivity contribution is -0.140. The number of fused-ring (bicyclic) bond motifs is 1. The molecular weight excluding hydrogens is 268 g/mol. The first-order valence-electron chi connectivity index (χ1n) is 7.45. The van der Waals surface area contributed by atoms with E-state index < -0.39 is 0 Å². The van der Waals surface area contributed by atoms with Gasteiger partial charge in [0.1, 0.15) is 5.52 Å². The van der Waals surface area contributed by atoms with E-state index in [1.807, 2.05) is 29.2 Å². The van der Waals surface area contributed by atoms with Crippen LogP contribution in [0.2, 0.25) is 0 Å². The summed E-state index contributed by atoms with van der Waals surface area (Å²) in [6.45, 7) is 4.62. The summed E-state index contributed by atoms with van der Waals surface area (Å²) >= 11 is 0. The molecule has 1 saturated heterocycles. The quantitative estimate of drug-likeness (QED) is 0.854. The molecule has 0 N–H and O–H groups in total. The van der Waals surface area contributed by atoms with Crippen molar-refractivity contribution < 1.29 is 9.53 Å². The lowest BCUT2D eigenvalue weighted by Gasteiger charge is -2.35. The van der Waals surface area contributed by atoms with Gasteiger partial charge in [-0.25, -0.2) is 4.68 Å². The molecule has 2 heterocycles. The van der Waals surface area contributed by atoms with Crippen LogP contribution in [0.5, 0.6) is 0 Å². The van der Waals surface area contributed by atoms with Crippen LogP contribution in [-0.2, 0) is 16.1 Å². The van der Waals surface area contributed by atoms with E-state index in [0.717, 1.165) is 17.5 Å². The molecule has 0 aliphatic carbocycles. The second-order valence-corrected chi connectivity index (χ2v) is 5.28. The van der Waals surface area contributed by atoms with E-state index in [0.29, 0.717) is 32.7 Å². The van der Waals surface area contributed by atoms with Gasteiger partial charge in [-0.3, -0.25) is 4.79 Å². The van der Waals surface area contributed by atoms with E-state index in [2.05, 4.69) is 17.2 Å². The standard InChI is InChI=1S/C15H20N4O2/c1-2-12-11-21-10-9-18(12)15(20)7-8-19-14-6-4-3-5-13(14)16-17-19/h3-6,12H,2,7-11H2,1H3/t12-/m0/s1. The van der Waals surface area contributed by atoms with Gasteiger partial charge >= 0.3 is 0 Å². The first-order chi connectivity index (χ1) is 10.3. The summed E-state index contributed by atoms with van der Waals surface area (Å²) in [5.41, 5.74) is 1.84. The predicted molar refractivity (Wildman–Crippen MR) is 78.8 cm³/mol. The number of hydrogen-bond donors (Lipinski definition) is 0. The number of rotatable bonds is 4. The SMILES string of the molecule is CC[C@H]1COCCN1C(=O)CCn1nnc2ccccc21. The highest BCUT2D eigenvalue weighted by Gasteiger charge is 2.25. The molecule has 0 unspecified atom stereocenters. The number of carbonyl (C=O) groups is 1. The molecule has 1 aliphatic heterocycles. The molecule has 3 rings (SSSR count). The van der Waals surface area contributed by atoms with E-state index in [1.165, 1.54) is 0 Å². The summed E-state index contributed by atoms with van der Waals surface area (Å²) in [6, 6.07) is 8.00. The van der Waals surface area contributed by atoms with Gasteiger partial charge in [-0.2, -0.15) is 0 Å². The van der Waals surface area contributed by atoms with Crippen molar-refractivity contribution in [2.45, 2.75) is 32.4 Å². The Labute approximate surface area is 123 Å². The number of para-hydroxylation sites is 1. The number of ether oxygens (including phenoxy) is 1. The van der Waals surface area contributed by atoms with Crippen LogP contribution in [0.3, 0.4) is 0 Å². The van der Waals surface area contributed by atoms with Crippen molar-refractivity contribution in [1.29, 1.82) is 0 Å². The molecule has 0 spiro atoms. The molecule has 1 fully saturated rings. The van der Waals surface area contributed by atoms with Crippen molar-refractivity contribution in [3.05, 3.63) is 24.3 Å². The Morgan fingerprint density at radius 1 is 1.43 bits per heavy atom. The normalized spacial score (nSPS) is 19.1. The van der Waals surface area contributed by atoms with E-state index >= 15 is 0 Å². The van der Waals surface area contributed by atoms with Gasteiger partial charge in [-0.05, 0) is 18.6 Å². The summed E-state index contributed by atoms with van der Waals surface area (Å²) in [5, 5.41) is 8.23. The average Bonchev–Trinajstić information content (AvgIpc) is 2.96. The molecule has 1 atom stereocenters. The minimum absolute atomic E-state index is 0.171. The zero-order chi connectivity index (χ0) is 14.7. The molecule has 1 amide bonds. The molecule has 0 saturated carbocycles. The Bertz CT molecular complexity index is 625. The Balaban J connectivity index is 1.65. The molecular formula is C15H20N4O2. The second kappa shape index (κ2) is 6.22. The van der Waals surface area contributed by atoms with Crippen LogP contribution in [0.15, 0.2) is 24.3 Å². The molecule has 1 aromatic heterocycles. The van der Waals surface area contributed by atoms with Crippen molar-refractivity contribution in [3.8, 4) is 0 Å². The number of benzene rings is 1. The van der Waals surface area contributed by atoms with Crippen molar-refractivity contribution in [3.63, 3.8) is 0 Å². The third kappa shape index (κ3) is 2.90. The highest BCUT2D eigenvalue weighted by molar-refractivity contribution is 5.77. The number of aryl methyl sites for hydroxylation is 1. The Kier molecular flexibility index (Phi) is 4.15. The summed E-state index contributed by atoms with van der Waals surface area (Å²) in [4.78, 5) is 14.4. The Morgan fingerprint density at radius 3 is 3.14 bits per heavy atom. The summed E-state index contributed by atoms with van der Waals surface area (Å²) in [7, 11) is 0. The summed E-state index contributed by atoms with van der Waals surface area (Å²) in [5.74, 6) is 0.171. The van der Waals surface area contributed by atoms with E-state index in [9.17, 15) is 4.79 Å². The first-order valence-corrected chi connectivity index (χ1v) is 7.45. The maximum absolute atomic E-state index is 12.4. The minimum Gasteiger partial charge on any atom is -0.377 e. The van der Waals surface area contributed by atoms with Gasteiger partial charge in [0.15, 0.2) is 0 Å². The maximum Gasteiger partial charge on any atom is 0.224 e. The first kappa shape index (κ1) is 14.0. The summed E-state index contributed by atoms with van der Waals surface area (Å²) < 4.78 is 7.24. The monoisotopic (exact) mass is 288 g/mol. The molecule has 2 aromatic rings. The molecule has 1 aliphatic rings. The Hall–Kier alpha value is -1.95. The smallest absolute Gasteiger partial charge is 0.224 e. The minimum atomic E-state index is 0.171. The van der Waals surface area contributed by atoms with Crippen LogP contribution in [0, 0.1) is 0 Å². The number of nitrogens with zero attached hydrogens (tertiary/aromatic N) is 4. The molecule has 0 bridgehead atoms. The average molecular weight is 288 g/mol. The van der Waals surface area contributed by atoms with Crippen LogP contribution >= 0.6 is 0 Å². The molecule has 6 nitrogen and oxygen atoms in total. The van der Waals surface area contributed by atoms with Crippen molar-refractivity contribution >= 4 is 16.9 Å². The van der Waals surface area contributed by atoms with E-state index in [-0.39, 0.29) is 11.9 Å². The van der Waals surface area contributed by atoms with Gasteiger partial charge < -0.3 is 9.64 Å². The number of aromatic nitrogens is 3. The van der Waals surface area contributed by atoms with Gasteiger partial charge in [0.05, 0.1) is 31.3 Å². The maximum atomic E-state index is 12.4. The number of amides is 1. The van der Waals surface area contributed by atoms with Crippen molar-refractivity contribution in [1.82, 2.24) is 19.9 Å². The molecule has 21 heavy (non-hydrogen) atoms. The lowest BCUT2D eigenvalue weighted by Crippen LogP contribution is -2.48. The third-order valence-electron chi connectivity index (χ3n) is 3.98. The molecule has 1 aromatic carbocycles. The molecule has 112 valence electrons. The lowest BCUT2D eigenvalue weighted by atomic mass is 10.1. The largest absolute Gasteiger partial charge is 0.377 e. The van der Waals surface area contributed by atoms with Gasteiger partial charge in [0.2, 0.25) is 5.91 Å². The van der Waals surface area contributed by atoms with Gasteiger partial charge in [-0.15, -0.1) is 5.10 Å². The fraction of sp³-hybridized carbons (Fsp3) is 0.533. The predicted octanol–water partition coefficient (Wildman–Crippen LogP) is 1.46. The number of morpholine rings is 1. The van der Waals surface area contributed by atoms with Gasteiger partial charge in [-0.1, -0.05) is 24.3 Å². The van der Waals surface area contributed by atoms with Crippen LogP contribution in [-0.4, -0.2) is 51.6 Å². The zero-order valence-corrected chi connectivity index (χ0v) is 12.2. The van der Waals surface area contributed by atoms with E-state index in [1.54, 1.807) is 4.68 Å². The Morgan fingerprint density at radius 2 is 2.29 bits per heavy atom. The van der Waals surface area contributed by atoms with Crippen LogP contribution in [0.1, 0.15) is 19.8 Å². The van der Waals surface area contributed by atoms with Crippen LogP contribution in [0.4, 0.5) is 0 Å². The summed E-state index contributed by atoms with van der Waals surface area (Å²) in [6.07, 6.45) is 1.38. The van der Waals surface area contributed by atoms with Crippen molar-refractivity contribution in [2.75, 3.05) is 19.8 Å². The van der Waals surface area contributed by atoms with Crippen LogP contribution < -0.4 is 0 Å². The highest BCUT2D eigenvalue weighted by Crippen LogP contribution is 2.14. The number of carbonyl (C=O) groups excluding carboxylic acids is 1. The second-order valence-electron chi connectivity index (χ2n) is 5.28. The highest BCUT2D eigenvalue weighted by atomic mass is 16.5. The fourth-order valence-corrected chi connectivity index (χ4v) is 2.75. The third-order valence-corrected chi connectivity index (χ3v) is 3.98. The fourth-order valence-electron chi connectivity index (χ4n) is 2.75. The molecule has 0 radical (unpaired) electrons. The van der Waals surface area contributed by atoms with Gasteiger partial charge in [0.25, 0.3) is 0 Å². The van der Waals surface area contributed by atoms with E-state index in [4.69, 9.17) is 4.74 Å². The topological polar surface area (TPSA) is 60.2 Å². The van der Waals surface area contributed by atoms with Crippen LogP contribution in [0.25, 0.3) is 11.0 Å². The van der Waals surface area contributed by atoms with Gasteiger partial charge in [0, 0.05) is 13.0 Å². The zero-order valence-electron chi connectivity index (χ0n) is 12.2. The molecule has 6 heteroatoms.